The molecule has 0 saturated carbocycles. The van der Waals surface area contributed by atoms with Crippen LogP contribution < -0.4 is 5.73 Å². The van der Waals surface area contributed by atoms with E-state index in [0.717, 1.165) is 0 Å². The molecule has 3 nitrogen and oxygen atoms in total. The maximum Gasteiger partial charge on any atom is 0.633 e. The number of rotatable bonds is 1. The first-order valence-electron chi connectivity index (χ1n) is 1.26. The average molecular weight is 156 g/mol. The molecular weight excluding hydrogens is 153 g/mol. The van der Waals surface area contributed by atoms with Crippen molar-refractivity contribution in [2.75, 3.05) is 0 Å². The molecule has 0 fully saturated rings. The molecular formula is CH3NO2PS2+. The van der Waals surface area contributed by atoms with Gasteiger partial charge in [0.15, 0.2) is 12.2 Å². The fourth-order valence-corrected chi connectivity index (χ4v) is 0.864. The quantitative estimate of drug-likeness (QED) is 0.335. The summed E-state index contributed by atoms with van der Waals surface area (Å²) >= 11 is 7.55. The van der Waals surface area contributed by atoms with E-state index < -0.39 is 7.23 Å². The van der Waals surface area contributed by atoms with Crippen LogP contribution in [0.2, 0.25) is 0 Å². The molecule has 0 aliphatic carbocycles. The van der Waals surface area contributed by atoms with E-state index in [9.17, 15) is 4.57 Å². The Hall–Kier alpha value is 0.140. The molecule has 0 amide bonds. The van der Waals surface area contributed by atoms with Crippen molar-refractivity contribution in [1.82, 2.24) is 0 Å². The van der Waals surface area contributed by atoms with Gasteiger partial charge in [-0.3, -0.25) is 0 Å². The first-order valence-corrected chi connectivity index (χ1v) is 4.00. The van der Waals surface area contributed by atoms with Crippen LogP contribution in [-0.4, -0.2) is 5.17 Å². The van der Waals surface area contributed by atoms with Crippen molar-refractivity contribution in [3.8, 4) is 0 Å². The summed E-state index contributed by atoms with van der Waals surface area (Å²) in [6.07, 6.45) is 0. The van der Waals surface area contributed by atoms with Gasteiger partial charge in [-0.15, -0.1) is 0 Å². The van der Waals surface area contributed by atoms with E-state index in [4.69, 9.17) is 5.73 Å². The second-order valence-corrected chi connectivity index (χ2v) is 2.69. The first kappa shape index (κ1) is 7.14. The van der Waals surface area contributed by atoms with Crippen molar-refractivity contribution in [2.45, 2.75) is 0 Å². The summed E-state index contributed by atoms with van der Waals surface area (Å²) in [4.78, 5) is 0. The van der Waals surface area contributed by atoms with Crippen molar-refractivity contribution in [3.63, 3.8) is 0 Å². The standard InChI is InChI=1S/CH2NO2PS2/c2-1(6)4-5(3)7/h(H2-,2,3,6,7)/p+1. The zero-order valence-electron chi connectivity index (χ0n) is 3.20. The average Bonchev–Trinajstić information content (AvgIpc) is 1.27. The molecule has 6 heteroatoms. The van der Waals surface area contributed by atoms with Crippen molar-refractivity contribution >= 4 is 36.9 Å². The molecule has 0 aromatic rings. The van der Waals surface area contributed by atoms with E-state index in [2.05, 4.69) is 29.0 Å². The Kier molecular flexibility index (Phi) is 3.25. The van der Waals surface area contributed by atoms with E-state index in [1.54, 1.807) is 0 Å². The highest BCUT2D eigenvalue weighted by atomic mass is 32.7. The summed E-state index contributed by atoms with van der Waals surface area (Å²) in [7, 11) is -1.96. The third-order valence-corrected chi connectivity index (χ3v) is 0.973. The smallest absolute Gasteiger partial charge is 0.356 e. The van der Waals surface area contributed by atoms with Crippen LogP contribution >= 0.6 is 31.7 Å². The summed E-state index contributed by atoms with van der Waals surface area (Å²) in [6.45, 7) is 0. The zero-order chi connectivity index (χ0) is 5.86. The molecule has 0 radical (unpaired) electrons. The van der Waals surface area contributed by atoms with Gasteiger partial charge in [0.2, 0.25) is 0 Å². The second kappa shape index (κ2) is 3.18. The van der Waals surface area contributed by atoms with Gasteiger partial charge in [-0.2, -0.15) is 0 Å². The van der Waals surface area contributed by atoms with Gasteiger partial charge < -0.3 is 5.73 Å². The van der Waals surface area contributed by atoms with Crippen LogP contribution in [0.4, 0.5) is 0 Å². The van der Waals surface area contributed by atoms with Gasteiger partial charge in [0.05, 0.1) is 0 Å². The fraction of sp³-hybridized carbons (Fsp3) is 0. The lowest BCUT2D eigenvalue weighted by molar-refractivity contribution is 0.520. The molecule has 0 aromatic carbocycles. The lowest BCUT2D eigenvalue weighted by Crippen LogP contribution is -2.06. The molecule has 0 aliphatic rings. The van der Waals surface area contributed by atoms with Gasteiger partial charge in [0.25, 0.3) is 0 Å². The molecule has 0 aliphatic heterocycles. The Bertz CT molecular complexity index is 91.9. The Morgan fingerprint density at radius 3 is 2.43 bits per heavy atom. The second-order valence-electron chi connectivity index (χ2n) is 0.648. The zero-order valence-corrected chi connectivity index (χ0v) is 5.80. The van der Waals surface area contributed by atoms with Gasteiger partial charge in [0.1, 0.15) is 0 Å². The van der Waals surface area contributed by atoms with Crippen molar-refractivity contribution < 1.29 is 9.09 Å². The molecule has 40 valence electrons. The van der Waals surface area contributed by atoms with Crippen LogP contribution in [0.25, 0.3) is 0 Å². The predicted octanol–water partition coefficient (Wildman–Crippen LogP) is 0.834. The Balaban J connectivity index is 3.32. The third kappa shape index (κ3) is 6.14. The van der Waals surface area contributed by atoms with Gasteiger partial charge >= 0.3 is 12.4 Å². The van der Waals surface area contributed by atoms with Gasteiger partial charge in [-0.1, -0.05) is 0 Å². The summed E-state index contributed by atoms with van der Waals surface area (Å²) < 4.78 is 14.0. The Morgan fingerprint density at radius 1 is 2.00 bits per heavy atom. The first-order chi connectivity index (χ1) is 3.13. The third-order valence-electron chi connectivity index (χ3n) is 0.168. The highest BCUT2D eigenvalue weighted by molar-refractivity contribution is 8.39. The Morgan fingerprint density at radius 2 is 2.43 bits per heavy atom. The summed E-state index contributed by atoms with van der Waals surface area (Å²) in [5.41, 5.74) is 4.77. The summed E-state index contributed by atoms with van der Waals surface area (Å²) in [5, 5.41) is -0.240. The number of hydrogen-bond donors (Lipinski definition) is 2. The number of nitrogens with two attached hydrogens (primary N) is 1. The molecule has 1 unspecified atom stereocenters. The highest BCUT2D eigenvalue weighted by Crippen LogP contribution is 2.25. The van der Waals surface area contributed by atoms with Crippen LogP contribution in [-0.2, 0) is 9.09 Å². The number of thiocarbonyl (C=S) groups is 1. The van der Waals surface area contributed by atoms with Crippen LogP contribution in [0.1, 0.15) is 0 Å². The summed E-state index contributed by atoms with van der Waals surface area (Å²) in [5.74, 6) is 0. The Labute approximate surface area is 52.2 Å². The van der Waals surface area contributed by atoms with E-state index in [-0.39, 0.29) is 5.17 Å². The number of thiol groups is 1. The maximum absolute atomic E-state index is 9.88. The molecule has 0 heterocycles. The van der Waals surface area contributed by atoms with Crippen LogP contribution in [0, 0.1) is 0 Å². The van der Waals surface area contributed by atoms with Gasteiger partial charge in [0, 0.05) is 0 Å². The maximum atomic E-state index is 9.88. The highest BCUT2D eigenvalue weighted by Gasteiger charge is 2.09. The number of hydrogen-bond acceptors (Lipinski definition) is 3. The van der Waals surface area contributed by atoms with Crippen molar-refractivity contribution in [1.29, 1.82) is 0 Å². The molecule has 0 spiro atoms. The van der Waals surface area contributed by atoms with Crippen LogP contribution in [0.3, 0.4) is 0 Å². The van der Waals surface area contributed by atoms with E-state index in [1.807, 2.05) is 0 Å². The van der Waals surface area contributed by atoms with E-state index in [0.29, 0.717) is 0 Å². The molecule has 0 bridgehead atoms. The minimum atomic E-state index is -1.96. The molecule has 7 heavy (non-hydrogen) atoms. The van der Waals surface area contributed by atoms with E-state index in [1.165, 1.54) is 0 Å². The van der Waals surface area contributed by atoms with Crippen LogP contribution in [0.15, 0.2) is 0 Å². The SMILES string of the molecule is NC(=S)O[P+](=O)S. The van der Waals surface area contributed by atoms with Crippen molar-refractivity contribution in [2.24, 2.45) is 5.73 Å². The lowest BCUT2D eigenvalue weighted by Gasteiger charge is -1.76. The molecule has 0 saturated heterocycles. The lowest BCUT2D eigenvalue weighted by atomic mass is 11.4. The van der Waals surface area contributed by atoms with Crippen LogP contribution in [0.5, 0.6) is 0 Å². The van der Waals surface area contributed by atoms with E-state index >= 15 is 0 Å². The minimum absolute atomic E-state index is 0.240. The molecule has 0 aromatic heterocycles. The monoisotopic (exact) mass is 156 g/mol. The predicted molar refractivity (Wildman–Crippen MR) is 34.5 cm³/mol. The molecule has 0 rings (SSSR count). The molecule has 2 N–H and O–H groups in total. The normalized spacial score (nSPS) is 10.1. The largest absolute Gasteiger partial charge is 0.633 e. The van der Waals surface area contributed by atoms with Gasteiger partial charge in [-0.25, -0.2) is 4.52 Å². The van der Waals surface area contributed by atoms with Crippen molar-refractivity contribution in [3.05, 3.63) is 0 Å². The summed E-state index contributed by atoms with van der Waals surface area (Å²) in [6, 6.07) is 0. The van der Waals surface area contributed by atoms with Gasteiger partial charge in [-0.05, 0) is 16.8 Å². The topological polar surface area (TPSA) is 52.3 Å². The fourth-order valence-electron chi connectivity index (χ4n) is 0.0770. The minimum Gasteiger partial charge on any atom is -0.356 e. The molecule has 1 atom stereocenters.